The van der Waals surface area contributed by atoms with Crippen LogP contribution >= 0.6 is 0 Å². The maximum atomic E-state index is 11.6. The van der Waals surface area contributed by atoms with E-state index in [0.29, 0.717) is 5.92 Å². The van der Waals surface area contributed by atoms with Gasteiger partial charge in [0.25, 0.3) is 0 Å². The smallest absolute Gasteiger partial charge is 0.248 e. The van der Waals surface area contributed by atoms with Crippen LogP contribution in [-0.2, 0) is 12.0 Å². The molecular formula is C17H20N2O. The largest absolute Gasteiger partial charge is 0.326 e. The van der Waals surface area contributed by atoms with Gasteiger partial charge in [-0.25, -0.2) is 0 Å². The Kier molecular flexibility index (Phi) is 2.40. The van der Waals surface area contributed by atoms with E-state index in [-0.39, 0.29) is 11.1 Å². The molecule has 2 bridgehead atoms. The molecule has 3 aliphatic rings. The molecule has 0 radical (unpaired) electrons. The number of pyridine rings is 1. The molecule has 1 aliphatic heterocycles. The lowest BCUT2D eigenvalue weighted by Gasteiger charge is -2.51. The van der Waals surface area contributed by atoms with Crippen molar-refractivity contribution in [2.45, 2.75) is 38.6 Å². The predicted octanol–water partition coefficient (Wildman–Crippen LogP) is 2.40. The van der Waals surface area contributed by atoms with E-state index >= 15 is 0 Å². The van der Waals surface area contributed by atoms with Crippen LogP contribution in [0.5, 0.6) is 0 Å². The second-order valence-corrected chi connectivity index (χ2v) is 6.49. The summed E-state index contributed by atoms with van der Waals surface area (Å²) in [6.07, 6.45) is 5.49. The van der Waals surface area contributed by atoms with E-state index in [4.69, 9.17) is 0 Å². The van der Waals surface area contributed by atoms with Crippen molar-refractivity contribution in [2.24, 2.45) is 5.92 Å². The lowest BCUT2D eigenvalue weighted by molar-refractivity contribution is 0.303. The highest BCUT2D eigenvalue weighted by Gasteiger charge is 2.48. The molecule has 0 saturated heterocycles. The van der Waals surface area contributed by atoms with Crippen LogP contribution in [0, 0.1) is 5.92 Å². The zero-order valence-corrected chi connectivity index (χ0v) is 12.0. The molecule has 0 fully saturated rings. The Hall–Kier alpha value is -1.61. The Bertz CT molecular complexity index is 710. The minimum Gasteiger partial charge on any atom is -0.326 e. The van der Waals surface area contributed by atoms with Crippen molar-refractivity contribution in [1.82, 2.24) is 10.3 Å². The van der Waals surface area contributed by atoms with Crippen molar-refractivity contribution < 1.29 is 0 Å². The van der Waals surface area contributed by atoms with E-state index < -0.39 is 0 Å². The second kappa shape index (κ2) is 3.95. The van der Waals surface area contributed by atoms with Crippen molar-refractivity contribution in [1.29, 1.82) is 0 Å². The Balaban J connectivity index is 2.05. The number of nitrogens with one attached hydrogen (secondary N) is 2. The van der Waals surface area contributed by atoms with Crippen LogP contribution in [0.2, 0.25) is 0 Å². The monoisotopic (exact) mass is 268 g/mol. The zero-order valence-electron chi connectivity index (χ0n) is 12.0. The maximum absolute atomic E-state index is 11.6. The Morgan fingerprint density at radius 3 is 3.00 bits per heavy atom. The zero-order chi connectivity index (χ0) is 13.9. The lowest BCUT2D eigenvalue weighted by Crippen LogP contribution is -2.54. The fraction of sp³-hybridized carbons (Fsp3) is 0.471. The van der Waals surface area contributed by atoms with Crippen LogP contribution in [0.25, 0.3) is 0 Å². The van der Waals surface area contributed by atoms with Crippen LogP contribution in [-0.4, -0.2) is 11.5 Å². The summed E-state index contributed by atoms with van der Waals surface area (Å²) in [7, 11) is 0. The van der Waals surface area contributed by atoms with Gasteiger partial charge in [-0.05, 0) is 56.9 Å². The molecule has 0 spiro atoms. The summed E-state index contributed by atoms with van der Waals surface area (Å²) >= 11 is 0. The Morgan fingerprint density at radius 2 is 2.15 bits per heavy atom. The number of aromatic nitrogens is 1. The van der Waals surface area contributed by atoms with E-state index in [1.807, 2.05) is 6.07 Å². The van der Waals surface area contributed by atoms with Crippen molar-refractivity contribution in [3.8, 4) is 0 Å². The number of rotatable bonds is 0. The maximum Gasteiger partial charge on any atom is 0.248 e. The first-order chi connectivity index (χ1) is 9.60. The van der Waals surface area contributed by atoms with Gasteiger partial charge < -0.3 is 10.3 Å². The Labute approximate surface area is 118 Å². The van der Waals surface area contributed by atoms with Gasteiger partial charge in [0.15, 0.2) is 0 Å². The molecule has 20 heavy (non-hydrogen) atoms. The number of aromatic amines is 1. The SMILES string of the molecule is CC1=C[C@H]2Cc3[nH]c(=O)ccc3[C@]3(C1)NCCC(C)=C23. The number of H-pyrrole nitrogens is 1. The van der Waals surface area contributed by atoms with Crippen molar-refractivity contribution in [3.63, 3.8) is 0 Å². The summed E-state index contributed by atoms with van der Waals surface area (Å²) in [6, 6.07) is 3.71. The van der Waals surface area contributed by atoms with Crippen LogP contribution in [0.4, 0.5) is 0 Å². The molecule has 2 atom stereocenters. The van der Waals surface area contributed by atoms with Crippen molar-refractivity contribution >= 4 is 0 Å². The summed E-state index contributed by atoms with van der Waals surface area (Å²) in [6.45, 7) is 5.53. The highest BCUT2D eigenvalue weighted by Crippen LogP contribution is 2.52. The molecule has 1 aromatic rings. The lowest BCUT2D eigenvalue weighted by atomic mass is 9.60. The predicted molar refractivity (Wildman–Crippen MR) is 79.6 cm³/mol. The fourth-order valence-electron chi connectivity index (χ4n) is 4.55. The number of fused-ring (bicyclic) bond motifs is 1. The fourth-order valence-corrected chi connectivity index (χ4v) is 4.55. The molecule has 3 nitrogen and oxygen atoms in total. The molecule has 4 rings (SSSR count). The molecule has 0 amide bonds. The number of hydrogen-bond donors (Lipinski definition) is 2. The molecule has 0 aromatic carbocycles. The first-order valence-electron chi connectivity index (χ1n) is 7.45. The summed E-state index contributed by atoms with van der Waals surface area (Å²) in [5.41, 5.74) is 6.91. The minimum absolute atomic E-state index is 0.0129. The van der Waals surface area contributed by atoms with Crippen LogP contribution in [0.15, 0.2) is 39.7 Å². The van der Waals surface area contributed by atoms with Crippen molar-refractivity contribution in [2.75, 3.05) is 6.54 Å². The van der Waals surface area contributed by atoms with Gasteiger partial charge in [0.05, 0.1) is 5.54 Å². The highest BCUT2D eigenvalue weighted by molar-refractivity contribution is 5.52. The summed E-state index contributed by atoms with van der Waals surface area (Å²) < 4.78 is 0. The van der Waals surface area contributed by atoms with E-state index in [2.05, 4.69) is 30.2 Å². The number of allylic oxidation sites excluding steroid dienone is 1. The molecule has 2 heterocycles. The topological polar surface area (TPSA) is 44.9 Å². The quantitative estimate of drug-likeness (QED) is 0.710. The third-order valence-corrected chi connectivity index (χ3v) is 5.13. The van der Waals surface area contributed by atoms with Gasteiger partial charge in [-0.3, -0.25) is 4.79 Å². The van der Waals surface area contributed by atoms with Gasteiger partial charge in [0, 0.05) is 17.7 Å². The van der Waals surface area contributed by atoms with Crippen molar-refractivity contribution in [3.05, 3.63) is 56.5 Å². The molecule has 104 valence electrons. The normalized spacial score (nSPS) is 31.5. The third kappa shape index (κ3) is 1.47. The van der Waals surface area contributed by atoms with Gasteiger partial charge in [-0.1, -0.05) is 17.2 Å². The van der Waals surface area contributed by atoms with E-state index in [0.717, 1.165) is 31.5 Å². The standard InChI is InChI=1S/C17H20N2O/c1-10-7-12-8-14-13(3-4-15(20)19-14)17(9-10)16(12)11(2)5-6-18-17/h3-4,7,12,18H,5-6,8-9H2,1-2H3,(H,19,20)/t12-,17-/m0/s1. The van der Waals surface area contributed by atoms with Crippen LogP contribution in [0.3, 0.4) is 0 Å². The molecule has 0 saturated carbocycles. The summed E-state index contributed by atoms with van der Waals surface area (Å²) in [5.74, 6) is 0.446. The summed E-state index contributed by atoms with van der Waals surface area (Å²) in [4.78, 5) is 14.7. The number of hydrogen-bond acceptors (Lipinski definition) is 2. The molecule has 2 N–H and O–H groups in total. The molecule has 3 heteroatoms. The average molecular weight is 268 g/mol. The van der Waals surface area contributed by atoms with Gasteiger partial charge in [0.1, 0.15) is 0 Å². The minimum atomic E-state index is -0.0659. The van der Waals surface area contributed by atoms with Crippen LogP contribution in [0.1, 0.15) is 37.9 Å². The van der Waals surface area contributed by atoms with Gasteiger partial charge in [-0.2, -0.15) is 0 Å². The molecule has 0 unspecified atom stereocenters. The van der Waals surface area contributed by atoms with E-state index in [1.165, 1.54) is 16.7 Å². The molecule has 1 aromatic heterocycles. The summed E-state index contributed by atoms with van der Waals surface area (Å²) in [5, 5.41) is 3.78. The van der Waals surface area contributed by atoms with E-state index in [1.54, 1.807) is 11.6 Å². The average Bonchev–Trinajstić information content (AvgIpc) is 2.37. The first kappa shape index (κ1) is 12.2. The highest BCUT2D eigenvalue weighted by atomic mass is 16.1. The van der Waals surface area contributed by atoms with E-state index in [9.17, 15) is 4.79 Å². The molecular weight excluding hydrogens is 248 g/mol. The van der Waals surface area contributed by atoms with Gasteiger partial charge in [0.2, 0.25) is 5.56 Å². The third-order valence-electron chi connectivity index (χ3n) is 5.13. The van der Waals surface area contributed by atoms with Gasteiger partial charge in [-0.15, -0.1) is 0 Å². The first-order valence-corrected chi connectivity index (χ1v) is 7.45. The molecule has 2 aliphatic carbocycles. The van der Waals surface area contributed by atoms with Crippen LogP contribution < -0.4 is 10.9 Å². The van der Waals surface area contributed by atoms with Gasteiger partial charge >= 0.3 is 0 Å². The Morgan fingerprint density at radius 1 is 1.30 bits per heavy atom. The second-order valence-electron chi connectivity index (χ2n) is 6.49.